The first-order valence-electron chi connectivity index (χ1n) is 8.05. The average Bonchev–Trinajstić information content (AvgIpc) is 3.01. The van der Waals surface area contributed by atoms with Gasteiger partial charge in [-0.3, -0.25) is 9.59 Å². The minimum absolute atomic E-state index is 0.0452. The van der Waals surface area contributed by atoms with Crippen molar-refractivity contribution in [3.63, 3.8) is 0 Å². The lowest BCUT2D eigenvalue weighted by molar-refractivity contribution is -0.120. The Morgan fingerprint density at radius 1 is 1.24 bits per heavy atom. The Kier molecular flexibility index (Phi) is 5.11. The number of rotatable bonds is 6. The summed E-state index contributed by atoms with van der Waals surface area (Å²) in [7, 11) is 0. The van der Waals surface area contributed by atoms with Crippen LogP contribution in [0.5, 0.6) is 5.75 Å². The van der Waals surface area contributed by atoms with Crippen molar-refractivity contribution in [3.8, 4) is 5.75 Å². The van der Waals surface area contributed by atoms with E-state index in [4.69, 9.17) is 0 Å². The second-order valence-corrected chi connectivity index (χ2v) is 5.96. The maximum Gasteiger partial charge on any atom is 0.387 e. The quantitative estimate of drug-likeness (QED) is 0.842. The van der Waals surface area contributed by atoms with Gasteiger partial charge in [0.15, 0.2) is 0 Å². The molecule has 2 aromatic rings. The molecule has 1 heterocycles. The van der Waals surface area contributed by atoms with Crippen LogP contribution < -0.4 is 15.6 Å². The van der Waals surface area contributed by atoms with Crippen LogP contribution in [0.15, 0.2) is 35.1 Å². The highest BCUT2D eigenvalue weighted by Crippen LogP contribution is 2.19. The number of pyridine rings is 1. The third kappa shape index (κ3) is 4.43. The van der Waals surface area contributed by atoms with Gasteiger partial charge >= 0.3 is 6.61 Å². The van der Waals surface area contributed by atoms with E-state index < -0.39 is 6.61 Å². The molecule has 0 spiro atoms. The van der Waals surface area contributed by atoms with E-state index in [1.165, 1.54) is 12.1 Å². The molecule has 0 fully saturated rings. The molecule has 1 aromatic carbocycles. The third-order valence-corrected chi connectivity index (χ3v) is 4.15. The number of alkyl halides is 2. The molecule has 0 unspecified atom stereocenters. The Labute approximate surface area is 143 Å². The molecule has 1 aromatic heterocycles. The van der Waals surface area contributed by atoms with Crippen molar-refractivity contribution in [2.24, 2.45) is 0 Å². The van der Waals surface area contributed by atoms with Crippen LogP contribution in [0.3, 0.4) is 0 Å². The first-order chi connectivity index (χ1) is 12.0. The largest absolute Gasteiger partial charge is 0.435 e. The lowest BCUT2D eigenvalue weighted by Gasteiger charge is -2.08. The molecule has 1 amide bonds. The molecule has 132 valence electrons. The van der Waals surface area contributed by atoms with Crippen molar-refractivity contribution >= 4 is 5.91 Å². The Balaban J connectivity index is 1.55. The topological polar surface area (TPSA) is 71.2 Å². The monoisotopic (exact) mass is 348 g/mol. The number of aromatic amines is 1. The summed E-state index contributed by atoms with van der Waals surface area (Å²) < 4.78 is 28.4. The number of H-pyrrole nitrogens is 1. The molecular formula is C18H18F2N2O3. The van der Waals surface area contributed by atoms with Crippen LogP contribution in [0, 0.1) is 0 Å². The molecule has 0 saturated carbocycles. The molecule has 0 radical (unpaired) electrons. The van der Waals surface area contributed by atoms with Gasteiger partial charge < -0.3 is 15.0 Å². The van der Waals surface area contributed by atoms with Gasteiger partial charge in [0.2, 0.25) is 5.91 Å². The lowest BCUT2D eigenvalue weighted by atomic mass is 10.1. The van der Waals surface area contributed by atoms with Gasteiger partial charge in [0.25, 0.3) is 5.56 Å². The fraction of sp³-hybridized carbons (Fsp3) is 0.333. The average molecular weight is 348 g/mol. The summed E-state index contributed by atoms with van der Waals surface area (Å²) in [5.74, 6) is -0.203. The number of hydrogen-bond acceptors (Lipinski definition) is 3. The predicted molar refractivity (Wildman–Crippen MR) is 87.7 cm³/mol. The molecule has 25 heavy (non-hydrogen) atoms. The van der Waals surface area contributed by atoms with Crippen molar-refractivity contribution in [2.45, 2.75) is 38.8 Å². The number of hydrogen-bond donors (Lipinski definition) is 2. The standard InChI is InChI=1S/C18H18F2N2O3/c19-18(20)25-14-6-4-11(5-7-14)8-16(23)21-10-13-9-12-2-1-3-15(12)22-17(13)24/h4-7,9,18H,1-3,8,10H2,(H,21,23)(H,22,24). The van der Waals surface area contributed by atoms with E-state index in [0.29, 0.717) is 11.1 Å². The normalized spacial score (nSPS) is 12.9. The maximum atomic E-state index is 12.1. The Morgan fingerprint density at radius 3 is 2.72 bits per heavy atom. The summed E-state index contributed by atoms with van der Waals surface area (Å²) in [6, 6.07) is 7.75. The zero-order chi connectivity index (χ0) is 17.8. The van der Waals surface area contributed by atoms with Gasteiger partial charge in [0.05, 0.1) is 6.42 Å². The highest BCUT2D eigenvalue weighted by Gasteiger charge is 2.14. The van der Waals surface area contributed by atoms with Crippen molar-refractivity contribution in [1.29, 1.82) is 0 Å². The molecule has 1 aliphatic carbocycles. The van der Waals surface area contributed by atoms with Crippen LogP contribution in [-0.2, 0) is 30.6 Å². The van der Waals surface area contributed by atoms with Crippen LogP contribution in [0.1, 0.15) is 28.8 Å². The SMILES string of the molecule is O=C(Cc1ccc(OC(F)F)cc1)NCc1cc2c([nH]c1=O)CCC2. The summed E-state index contributed by atoms with van der Waals surface area (Å²) in [4.78, 5) is 26.9. The van der Waals surface area contributed by atoms with Crippen molar-refractivity contribution in [1.82, 2.24) is 10.3 Å². The van der Waals surface area contributed by atoms with Crippen LogP contribution in [0.2, 0.25) is 0 Å². The summed E-state index contributed by atoms with van der Waals surface area (Å²) in [5.41, 5.74) is 3.16. The minimum atomic E-state index is -2.88. The van der Waals surface area contributed by atoms with Gasteiger partial charge in [-0.1, -0.05) is 12.1 Å². The van der Waals surface area contributed by atoms with E-state index in [1.54, 1.807) is 12.1 Å². The molecule has 0 saturated heterocycles. The Hall–Kier alpha value is -2.70. The summed E-state index contributed by atoms with van der Waals surface area (Å²) in [6.07, 6.45) is 2.97. The summed E-state index contributed by atoms with van der Waals surface area (Å²) >= 11 is 0. The number of benzene rings is 1. The van der Waals surface area contributed by atoms with Gasteiger partial charge in [-0.05, 0) is 48.6 Å². The molecule has 5 nitrogen and oxygen atoms in total. The number of fused-ring (bicyclic) bond motifs is 1. The highest BCUT2D eigenvalue weighted by atomic mass is 19.3. The van der Waals surface area contributed by atoms with E-state index in [9.17, 15) is 18.4 Å². The van der Waals surface area contributed by atoms with Crippen LogP contribution in [0.4, 0.5) is 8.78 Å². The molecule has 0 bridgehead atoms. The third-order valence-electron chi connectivity index (χ3n) is 4.15. The number of ether oxygens (including phenoxy) is 1. The number of aromatic nitrogens is 1. The van der Waals surface area contributed by atoms with Crippen molar-refractivity contribution in [2.75, 3.05) is 0 Å². The number of carbonyl (C=O) groups excluding carboxylic acids is 1. The highest BCUT2D eigenvalue weighted by molar-refractivity contribution is 5.78. The van der Waals surface area contributed by atoms with E-state index in [1.807, 2.05) is 6.07 Å². The van der Waals surface area contributed by atoms with Crippen LogP contribution in [-0.4, -0.2) is 17.5 Å². The first-order valence-corrected chi connectivity index (χ1v) is 8.05. The molecule has 2 N–H and O–H groups in total. The second kappa shape index (κ2) is 7.46. The molecular weight excluding hydrogens is 330 g/mol. The van der Waals surface area contributed by atoms with Crippen LogP contribution >= 0.6 is 0 Å². The van der Waals surface area contributed by atoms with Gasteiger partial charge in [0.1, 0.15) is 5.75 Å². The number of amides is 1. The zero-order valence-electron chi connectivity index (χ0n) is 13.5. The predicted octanol–water partition coefficient (Wildman–Crippen LogP) is 2.32. The number of aryl methyl sites for hydroxylation is 2. The molecule has 0 aliphatic heterocycles. The minimum Gasteiger partial charge on any atom is -0.435 e. The number of halogens is 2. The van der Waals surface area contributed by atoms with Gasteiger partial charge in [-0.25, -0.2) is 0 Å². The maximum absolute atomic E-state index is 12.1. The smallest absolute Gasteiger partial charge is 0.387 e. The van der Waals surface area contributed by atoms with E-state index in [2.05, 4.69) is 15.0 Å². The van der Waals surface area contributed by atoms with Gasteiger partial charge in [-0.15, -0.1) is 0 Å². The fourth-order valence-corrected chi connectivity index (χ4v) is 2.92. The molecule has 3 rings (SSSR count). The van der Waals surface area contributed by atoms with Gasteiger partial charge in [-0.2, -0.15) is 8.78 Å². The second-order valence-electron chi connectivity index (χ2n) is 5.96. The van der Waals surface area contributed by atoms with E-state index >= 15 is 0 Å². The number of nitrogens with one attached hydrogen (secondary N) is 2. The molecule has 7 heteroatoms. The molecule has 0 atom stereocenters. The van der Waals surface area contributed by atoms with Crippen molar-refractivity contribution < 1.29 is 18.3 Å². The van der Waals surface area contributed by atoms with E-state index in [-0.39, 0.29) is 30.2 Å². The van der Waals surface area contributed by atoms with E-state index in [0.717, 1.165) is 30.5 Å². The summed E-state index contributed by atoms with van der Waals surface area (Å²) in [6.45, 7) is -2.71. The number of carbonyl (C=O) groups is 1. The lowest BCUT2D eigenvalue weighted by Crippen LogP contribution is -2.28. The fourth-order valence-electron chi connectivity index (χ4n) is 2.92. The first kappa shape index (κ1) is 17.1. The van der Waals surface area contributed by atoms with Gasteiger partial charge in [0, 0.05) is 17.8 Å². The van der Waals surface area contributed by atoms with Crippen molar-refractivity contribution in [3.05, 3.63) is 63.1 Å². The Bertz CT molecular complexity index is 816. The molecule has 1 aliphatic rings. The summed E-state index contributed by atoms with van der Waals surface area (Å²) in [5, 5.41) is 2.72. The Morgan fingerprint density at radius 2 is 2.00 bits per heavy atom. The van der Waals surface area contributed by atoms with Crippen LogP contribution in [0.25, 0.3) is 0 Å². The zero-order valence-corrected chi connectivity index (χ0v) is 13.5.